The maximum Gasteiger partial charge on any atom is 0.269 e. The van der Waals surface area contributed by atoms with Gasteiger partial charge in [0.1, 0.15) is 5.75 Å². The van der Waals surface area contributed by atoms with Crippen molar-refractivity contribution in [3.63, 3.8) is 0 Å². The summed E-state index contributed by atoms with van der Waals surface area (Å²) in [7, 11) is -1.96. The van der Waals surface area contributed by atoms with Crippen LogP contribution in [-0.2, 0) is 16.6 Å². The number of rotatable bonds is 3. The highest BCUT2D eigenvalue weighted by Gasteiger charge is 2.37. The van der Waals surface area contributed by atoms with Crippen molar-refractivity contribution in [1.82, 2.24) is 14.2 Å². The van der Waals surface area contributed by atoms with E-state index in [0.29, 0.717) is 4.90 Å². The summed E-state index contributed by atoms with van der Waals surface area (Å²) in [5, 5.41) is 4.38. The van der Waals surface area contributed by atoms with Gasteiger partial charge in [0, 0.05) is 36.1 Å². The first-order chi connectivity index (χ1) is 13.6. The number of benzene rings is 2. The number of nitrogens with zero attached hydrogens (tertiary/aromatic N) is 2. The Balaban J connectivity index is 1.77. The zero-order valence-corrected chi connectivity index (χ0v) is 16.6. The lowest BCUT2D eigenvalue weighted by Gasteiger charge is -2.20. The first-order valence-corrected chi connectivity index (χ1v) is 11.0. The van der Waals surface area contributed by atoms with E-state index in [1.165, 1.54) is 3.97 Å². The van der Waals surface area contributed by atoms with Gasteiger partial charge in [-0.15, -0.1) is 0 Å². The van der Waals surface area contributed by atoms with Gasteiger partial charge in [0.2, 0.25) is 0 Å². The molecule has 0 saturated carbocycles. The number of ether oxygens (including phenoxy) is 1. The summed E-state index contributed by atoms with van der Waals surface area (Å²) in [6, 6.07) is 12.9. The lowest BCUT2D eigenvalue weighted by atomic mass is 10.0. The third-order valence-electron chi connectivity index (χ3n) is 5.71. The molecule has 5 rings (SSSR count). The van der Waals surface area contributed by atoms with Gasteiger partial charge in [0.15, 0.2) is 0 Å². The van der Waals surface area contributed by atoms with Crippen molar-refractivity contribution in [2.75, 3.05) is 33.3 Å². The lowest BCUT2D eigenvalue weighted by molar-refractivity contribution is 0.286. The standard InChI is InChI=1S/C21H23N3O3S/c1-27-15-7-8-19-17(13-15)18(14-23-11-4-9-22-10-12-23)21-16-5-2-3-6-20(16)28(25,26)24(19)21/h2-3,5-8,13,22H,4,9-12,14H2,1H3. The minimum atomic E-state index is -3.59. The zero-order chi connectivity index (χ0) is 19.3. The summed E-state index contributed by atoms with van der Waals surface area (Å²) in [5.41, 5.74) is 3.37. The Hall–Kier alpha value is -2.35. The topological polar surface area (TPSA) is 63.6 Å². The Labute approximate surface area is 164 Å². The molecule has 0 unspecified atom stereocenters. The summed E-state index contributed by atoms with van der Waals surface area (Å²) in [5.74, 6) is 0.737. The minimum Gasteiger partial charge on any atom is -0.497 e. The molecule has 0 bridgehead atoms. The number of hydrogen-bond donors (Lipinski definition) is 1. The van der Waals surface area contributed by atoms with E-state index in [2.05, 4.69) is 10.2 Å². The van der Waals surface area contributed by atoms with Crippen LogP contribution in [0.25, 0.3) is 22.2 Å². The molecule has 0 amide bonds. The van der Waals surface area contributed by atoms with Gasteiger partial charge in [-0.1, -0.05) is 18.2 Å². The highest BCUT2D eigenvalue weighted by Crippen LogP contribution is 2.45. The van der Waals surface area contributed by atoms with Crippen LogP contribution in [0, 0.1) is 0 Å². The van der Waals surface area contributed by atoms with E-state index >= 15 is 0 Å². The molecule has 0 atom stereocenters. The van der Waals surface area contributed by atoms with E-state index in [-0.39, 0.29) is 0 Å². The van der Waals surface area contributed by atoms with E-state index in [0.717, 1.165) is 72.6 Å². The van der Waals surface area contributed by atoms with Crippen molar-refractivity contribution < 1.29 is 13.2 Å². The van der Waals surface area contributed by atoms with Gasteiger partial charge < -0.3 is 10.1 Å². The van der Waals surface area contributed by atoms with E-state index < -0.39 is 10.0 Å². The van der Waals surface area contributed by atoms with Crippen LogP contribution in [-0.4, -0.2) is 50.6 Å². The van der Waals surface area contributed by atoms with Crippen molar-refractivity contribution in [2.45, 2.75) is 17.9 Å². The minimum absolute atomic E-state index is 0.390. The maximum atomic E-state index is 13.3. The number of aromatic nitrogens is 1. The maximum absolute atomic E-state index is 13.3. The lowest BCUT2D eigenvalue weighted by Crippen LogP contribution is -2.27. The molecule has 2 aromatic carbocycles. The zero-order valence-electron chi connectivity index (χ0n) is 15.8. The predicted molar refractivity (Wildman–Crippen MR) is 109 cm³/mol. The molecular weight excluding hydrogens is 374 g/mol. The van der Waals surface area contributed by atoms with Crippen LogP contribution in [0.2, 0.25) is 0 Å². The monoisotopic (exact) mass is 397 g/mol. The first-order valence-electron chi connectivity index (χ1n) is 9.60. The highest BCUT2D eigenvalue weighted by atomic mass is 32.2. The quantitative estimate of drug-likeness (QED) is 0.576. The van der Waals surface area contributed by atoms with Crippen LogP contribution in [0.5, 0.6) is 5.75 Å². The number of fused-ring (bicyclic) bond motifs is 5. The number of nitrogens with one attached hydrogen (secondary N) is 1. The van der Waals surface area contributed by atoms with Gasteiger partial charge in [-0.3, -0.25) is 4.90 Å². The van der Waals surface area contributed by atoms with E-state index in [1.807, 2.05) is 30.3 Å². The Bertz CT molecular complexity index is 1160. The first kappa shape index (κ1) is 17.7. The molecule has 0 aliphatic carbocycles. The van der Waals surface area contributed by atoms with Crippen LogP contribution in [0.4, 0.5) is 0 Å². The molecule has 0 spiro atoms. The molecule has 2 aliphatic rings. The van der Waals surface area contributed by atoms with Crippen LogP contribution in [0.1, 0.15) is 12.0 Å². The summed E-state index contributed by atoms with van der Waals surface area (Å²) in [6.45, 7) is 4.64. The van der Waals surface area contributed by atoms with Gasteiger partial charge >= 0.3 is 0 Å². The summed E-state index contributed by atoms with van der Waals surface area (Å²) >= 11 is 0. The van der Waals surface area contributed by atoms with Crippen molar-refractivity contribution in [1.29, 1.82) is 0 Å². The molecule has 28 heavy (non-hydrogen) atoms. The Morgan fingerprint density at radius 2 is 1.96 bits per heavy atom. The van der Waals surface area contributed by atoms with Crippen molar-refractivity contribution in [3.05, 3.63) is 48.0 Å². The second-order valence-corrected chi connectivity index (χ2v) is 9.11. The molecule has 3 heterocycles. The predicted octanol–water partition coefficient (Wildman–Crippen LogP) is 2.66. The smallest absolute Gasteiger partial charge is 0.269 e. The summed E-state index contributed by atoms with van der Waals surface area (Å²) < 4.78 is 33.6. The largest absolute Gasteiger partial charge is 0.497 e. The van der Waals surface area contributed by atoms with Crippen LogP contribution in [0.3, 0.4) is 0 Å². The molecule has 1 aromatic heterocycles. The van der Waals surface area contributed by atoms with E-state index in [4.69, 9.17) is 4.74 Å². The Morgan fingerprint density at radius 1 is 1.11 bits per heavy atom. The Morgan fingerprint density at radius 3 is 2.82 bits per heavy atom. The van der Waals surface area contributed by atoms with Crippen LogP contribution in [0.15, 0.2) is 47.4 Å². The molecule has 1 N–H and O–H groups in total. The third-order valence-corrected chi connectivity index (χ3v) is 7.48. The molecule has 6 nitrogen and oxygen atoms in total. The molecule has 1 fully saturated rings. The molecule has 1 saturated heterocycles. The van der Waals surface area contributed by atoms with Crippen molar-refractivity contribution in [2.24, 2.45) is 0 Å². The molecular formula is C21H23N3O3S. The molecule has 7 heteroatoms. The fourth-order valence-electron chi connectivity index (χ4n) is 4.38. The third kappa shape index (κ3) is 2.57. The van der Waals surface area contributed by atoms with Gasteiger partial charge in [-0.05, 0) is 43.8 Å². The van der Waals surface area contributed by atoms with Gasteiger partial charge in [0.05, 0.1) is 23.2 Å². The van der Waals surface area contributed by atoms with Crippen molar-refractivity contribution in [3.8, 4) is 17.0 Å². The number of hydrogen-bond acceptors (Lipinski definition) is 5. The average Bonchev–Trinajstić information content (AvgIpc) is 2.98. The Kier molecular flexibility index (Phi) is 4.19. The summed E-state index contributed by atoms with van der Waals surface area (Å²) in [4.78, 5) is 2.80. The van der Waals surface area contributed by atoms with Gasteiger partial charge in [0.25, 0.3) is 10.0 Å². The second-order valence-electron chi connectivity index (χ2n) is 7.36. The summed E-state index contributed by atoms with van der Waals surface area (Å²) in [6.07, 6.45) is 1.09. The fourth-order valence-corrected chi connectivity index (χ4v) is 6.14. The fraction of sp³-hybridized carbons (Fsp3) is 0.333. The molecule has 3 aromatic rings. The molecule has 146 valence electrons. The molecule has 0 radical (unpaired) electrons. The van der Waals surface area contributed by atoms with Gasteiger partial charge in [-0.25, -0.2) is 12.4 Å². The van der Waals surface area contributed by atoms with Crippen LogP contribution < -0.4 is 10.1 Å². The van der Waals surface area contributed by atoms with Gasteiger partial charge in [-0.2, -0.15) is 0 Å². The van der Waals surface area contributed by atoms with Crippen molar-refractivity contribution >= 4 is 20.9 Å². The highest BCUT2D eigenvalue weighted by molar-refractivity contribution is 7.90. The molecule has 2 aliphatic heterocycles. The number of methoxy groups -OCH3 is 1. The normalized spacial score (nSPS) is 18.6. The second kappa shape index (κ2) is 6.62. The van der Waals surface area contributed by atoms with E-state index in [1.54, 1.807) is 19.2 Å². The average molecular weight is 398 g/mol. The van der Waals surface area contributed by atoms with E-state index in [9.17, 15) is 8.42 Å². The SMILES string of the molecule is COc1ccc2c(c1)c(CN1CCCNCC1)c1n2S(=O)(=O)c2ccccc2-1. The van der Waals surface area contributed by atoms with Crippen LogP contribution >= 0.6 is 0 Å².